The SMILES string of the molecule is C=CCCCCCCC#CCCCC[C@@H]1C[C@@H](CO)OC1=O. The third-order valence-corrected chi connectivity index (χ3v) is 4.06. The summed E-state index contributed by atoms with van der Waals surface area (Å²) in [5.74, 6) is 6.31. The fourth-order valence-electron chi connectivity index (χ4n) is 2.71. The van der Waals surface area contributed by atoms with E-state index in [4.69, 9.17) is 9.84 Å². The molecule has 0 unspecified atom stereocenters. The lowest BCUT2D eigenvalue weighted by Crippen LogP contribution is -2.10. The average molecular weight is 306 g/mol. The van der Waals surface area contributed by atoms with Crippen molar-refractivity contribution in [1.82, 2.24) is 0 Å². The van der Waals surface area contributed by atoms with E-state index in [1.54, 1.807) is 0 Å². The summed E-state index contributed by atoms with van der Waals surface area (Å²) in [5, 5.41) is 8.97. The van der Waals surface area contributed by atoms with Gasteiger partial charge < -0.3 is 9.84 Å². The van der Waals surface area contributed by atoms with E-state index in [2.05, 4.69) is 18.4 Å². The van der Waals surface area contributed by atoms with Gasteiger partial charge in [0.25, 0.3) is 0 Å². The number of unbranched alkanes of at least 4 members (excludes halogenated alkanes) is 7. The molecule has 0 radical (unpaired) electrons. The summed E-state index contributed by atoms with van der Waals surface area (Å²) in [6.07, 6.45) is 13.3. The highest BCUT2D eigenvalue weighted by Crippen LogP contribution is 2.25. The molecule has 1 fully saturated rings. The van der Waals surface area contributed by atoms with Crippen molar-refractivity contribution in [1.29, 1.82) is 0 Å². The number of ether oxygens (including phenoxy) is 1. The molecule has 124 valence electrons. The van der Waals surface area contributed by atoms with Gasteiger partial charge in [-0.2, -0.15) is 0 Å². The summed E-state index contributed by atoms with van der Waals surface area (Å²) < 4.78 is 5.06. The topological polar surface area (TPSA) is 46.5 Å². The minimum absolute atomic E-state index is 0.0133. The first-order valence-corrected chi connectivity index (χ1v) is 8.66. The van der Waals surface area contributed by atoms with Gasteiger partial charge in [0, 0.05) is 12.8 Å². The van der Waals surface area contributed by atoms with Crippen LogP contribution in [0, 0.1) is 17.8 Å². The van der Waals surface area contributed by atoms with Gasteiger partial charge in [0.2, 0.25) is 0 Å². The van der Waals surface area contributed by atoms with Crippen LogP contribution in [0.15, 0.2) is 12.7 Å². The number of carbonyl (C=O) groups is 1. The van der Waals surface area contributed by atoms with Crippen LogP contribution < -0.4 is 0 Å². The monoisotopic (exact) mass is 306 g/mol. The van der Waals surface area contributed by atoms with Crippen LogP contribution in [0.2, 0.25) is 0 Å². The molecule has 0 aromatic carbocycles. The van der Waals surface area contributed by atoms with Crippen LogP contribution in [0.3, 0.4) is 0 Å². The molecule has 1 aliphatic heterocycles. The summed E-state index contributed by atoms with van der Waals surface area (Å²) in [7, 11) is 0. The van der Waals surface area contributed by atoms with Crippen LogP contribution in [0.4, 0.5) is 0 Å². The highest BCUT2D eigenvalue weighted by atomic mass is 16.6. The molecule has 1 rings (SSSR count). The number of rotatable bonds is 11. The van der Waals surface area contributed by atoms with E-state index in [1.165, 1.54) is 25.7 Å². The molecule has 0 saturated carbocycles. The highest BCUT2D eigenvalue weighted by molar-refractivity contribution is 5.74. The summed E-state index contributed by atoms with van der Waals surface area (Å²) in [6, 6.07) is 0. The van der Waals surface area contributed by atoms with Crippen LogP contribution in [0.1, 0.15) is 70.6 Å². The molecule has 3 nitrogen and oxygen atoms in total. The molecule has 0 aromatic heterocycles. The maximum Gasteiger partial charge on any atom is 0.309 e. The lowest BCUT2D eigenvalue weighted by molar-refractivity contribution is -0.145. The van der Waals surface area contributed by atoms with Crippen molar-refractivity contribution in [2.45, 2.75) is 76.7 Å². The van der Waals surface area contributed by atoms with Crippen LogP contribution in [0.25, 0.3) is 0 Å². The Hall–Kier alpha value is -1.27. The quantitative estimate of drug-likeness (QED) is 0.272. The number of aliphatic hydroxyl groups is 1. The summed E-state index contributed by atoms with van der Waals surface area (Å²) in [5.41, 5.74) is 0. The van der Waals surface area contributed by atoms with E-state index in [9.17, 15) is 4.79 Å². The minimum atomic E-state index is -0.274. The Labute approximate surface area is 135 Å². The highest BCUT2D eigenvalue weighted by Gasteiger charge is 2.33. The third kappa shape index (κ3) is 8.24. The summed E-state index contributed by atoms with van der Waals surface area (Å²) in [6.45, 7) is 3.67. The number of carbonyl (C=O) groups excluding carboxylic acids is 1. The number of hydrogen-bond acceptors (Lipinski definition) is 3. The summed E-state index contributed by atoms with van der Waals surface area (Å²) >= 11 is 0. The van der Waals surface area contributed by atoms with E-state index in [1.807, 2.05) is 6.08 Å². The second-order valence-corrected chi connectivity index (χ2v) is 6.01. The first-order chi connectivity index (χ1) is 10.8. The summed E-state index contributed by atoms with van der Waals surface area (Å²) in [4.78, 5) is 11.5. The molecule has 3 heteroatoms. The van der Waals surface area contributed by atoms with Crippen LogP contribution in [-0.4, -0.2) is 23.8 Å². The molecule has 0 spiro atoms. The largest absolute Gasteiger partial charge is 0.460 e. The van der Waals surface area contributed by atoms with Crippen molar-refractivity contribution in [2.75, 3.05) is 6.61 Å². The van der Waals surface area contributed by atoms with Gasteiger partial charge in [-0.3, -0.25) is 4.79 Å². The normalized spacial score (nSPS) is 20.3. The van der Waals surface area contributed by atoms with Crippen molar-refractivity contribution in [3.8, 4) is 11.8 Å². The van der Waals surface area contributed by atoms with Crippen molar-refractivity contribution in [3.05, 3.63) is 12.7 Å². The fraction of sp³-hybridized carbons (Fsp3) is 0.737. The Morgan fingerprint density at radius 2 is 1.82 bits per heavy atom. The van der Waals surface area contributed by atoms with Gasteiger partial charge in [0.1, 0.15) is 6.10 Å². The Kier molecular flexibility index (Phi) is 10.5. The van der Waals surface area contributed by atoms with Crippen molar-refractivity contribution in [3.63, 3.8) is 0 Å². The zero-order valence-corrected chi connectivity index (χ0v) is 13.7. The molecule has 0 bridgehead atoms. The van der Waals surface area contributed by atoms with E-state index >= 15 is 0 Å². The lowest BCUT2D eigenvalue weighted by atomic mass is 9.98. The van der Waals surface area contributed by atoms with E-state index < -0.39 is 0 Å². The predicted molar refractivity (Wildman–Crippen MR) is 89.2 cm³/mol. The number of esters is 1. The Morgan fingerprint density at radius 1 is 1.14 bits per heavy atom. The standard InChI is InChI=1S/C19H30O3/c1-2-3-4-5-6-7-8-9-10-11-12-13-14-17-15-18(16-20)22-19(17)21/h2,17-18,20H,1,3-8,11-16H2/t17-,18+/m1/s1. The zero-order valence-electron chi connectivity index (χ0n) is 13.7. The molecule has 1 aliphatic rings. The minimum Gasteiger partial charge on any atom is -0.460 e. The molecule has 1 saturated heterocycles. The van der Waals surface area contributed by atoms with Gasteiger partial charge in [-0.1, -0.05) is 25.3 Å². The van der Waals surface area contributed by atoms with Gasteiger partial charge >= 0.3 is 5.97 Å². The van der Waals surface area contributed by atoms with E-state index in [0.717, 1.165) is 38.5 Å². The molecule has 2 atom stereocenters. The van der Waals surface area contributed by atoms with Crippen molar-refractivity contribution in [2.24, 2.45) is 5.92 Å². The van der Waals surface area contributed by atoms with E-state index in [-0.39, 0.29) is 24.6 Å². The average Bonchev–Trinajstić information content (AvgIpc) is 2.89. The van der Waals surface area contributed by atoms with Gasteiger partial charge in [0.15, 0.2) is 0 Å². The predicted octanol–water partition coefficient (Wildman–Crippen LogP) is 4.00. The van der Waals surface area contributed by atoms with Gasteiger partial charge in [-0.05, 0) is 38.5 Å². The molecule has 0 amide bonds. The first-order valence-electron chi connectivity index (χ1n) is 8.66. The number of cyclic esters (lactones) is 1. The maximum atomic E-state index is 11.5. The fourth-order valence-corrected chi connectivity index (χ4v) is 2.71. The lowest BCUT2D eigenvalue weighted by Gasteiger charge is -2.03. The van der Waals surface area contributed by atoms with Gasteiger partial charge in [-0.15, -0.1) is 18.4 Å². The molecule has 0 aliphatic carbocycles. The smallest absolute Gasteiger partial charge is 0.309 e. The second kappa shape index (κ2) is 12.3. The first kappa shape index (κ1) is 18.8. The second-order valence-electron chi connectivity index (χ2n) is 6.01. The molecular weight excluding hydrogens is 276 g/mol. The molecular formula is C19H30O3. The maximum absolute atomic E-state index is 11.5. The number of hydrogen-bond donors (Lipinski definition) is 1. The van der Waals surface area contributed by atoms with Crippen molar-refractivity contribution >= 4 is 5.97 Å². The molecule has 1 N–H and O–H groups in total. The van der Waals surface area contributed by atoms with Crippen molar-refractivity contribution < 1.29 is 14.6 Å². The van der Waals surface area contributed by atoms with Gasteiger partial charge in [-0.25, -0.2) is 0 Å². The molecule has 1 heterocycles. The van der Waals surface area contributed by atoms with Crippen LogP contribution in [-0.2, 0) is 9.53 Å². The Bertz CT molecular complexity index is 378. The van der Waals surface area contributed by atoms with E-state index in [0.29, 0.717) is 6.42 Å². The number of allylic oxidation sites excluding steroid dienone is 1. The molecule has 0 aromatic rings. The Morgan fingerprint density at radius 3 is 2.45 bits per heavy atom. The molecule has 22 heavy (non-hydrogen) atoms. The van der Waals surface area contributed by atoms with Crippen LogP contribution >= 0.6 is 0 Å². The van der Waals surface area contributed by atoms with Crippen LogP contribution in [0.5, 0.6) is 0 Å². The number of aliphatic hydroxyl groups excluding tert-OH is 1. The van der Waals surface area contributed by atoms with Gasteiger partial charge in [0.05, 0.1) is 12.5 Å². The third-order valence-electron chi connectivity index (χ3n) is 4.06. The Balaban J connectivity index is 1.92. The zero-order chi connectivity index (χ0) is 16.0.